The predicted octanol–water partition coefficient (Wildman–Crippen LogP) is 4.14. The van der Waals surface area contributed by atoms with Crippen LogP contribution in [-0.4, -0.2) is 17.4 Å². The minimum absolute atomic E-state index is 0.0766. The first-order valence-corrected chi connectivity index (χ1v) is 7.97. The lowest BCUT2D eigenvalue weighted by Gasteiger charge is -2.06. The molecule has 0 unspecified atom stereocenters. The van der Waals surface area contributed by atoms with Gasteiger partial charge in [0.1, 0.15) is 0 Å². The van der Waals surface area contributed by atoms with E-state index in [4.69, 9.17) is 11.6 Å². The minimum Gasteiger partial charge on any atom is -0.361 e. The number of halogens is 4. The van der Waals surface area contributed by atoms with Crippen LogP contribution in [0.15, 0.2) is 36.5 Å². The lowest BCUT2D eigenvalue weighted by molar-refractivity contribution is -0.120. The van der Waals surface area contributed by atoms with Crippen molar-refractivity contribution in [3.8, 4) is 0 Å². The maximum Gasteiger partial charge on any atom is 0.224 e. The van der Waals surface area contributed by atoms with Gasteiger partial charge in [-0.3, -0.25) is 4.79 Å². The summed E-state index contributed by atoms with van der Waals surface area (Å²) >= 11 is 5.99. The zero-order valence-corrected chi connectivity index (χ0v) is 13.8. The number of H-pyrrole nitrogens is 1. The van der Waals surface area contributed by atoms with E-state index in [1.165, 1.54) is 0 Å². The first kappa shape index (κ1) is 17.4. The Bertz CT molecular complexity index is 916. The summed E-state index contributed by atoms with van der Waals surface area (Å²) in [7, 11) is 0. The SMILES string of the molecule is O=C(Cc1cc(F)c(F)c(F)c1)NCCc1c[nH]c2ccc(Cl)cc12. The molecule has 0 bridgehead atoms. The summed E-state index contributed by atoms with van der Waals surface area (Å²) in [6.45, 7) is 0.352. The Labute approximate surface area is 146 Å². The normalized spacial score (nSPS) is 11.0. The fourth-order valence-corrected chi connectivity index (χ4v) is 2.82. The molecule has 0 aliphatic rings. The smallest absolute Gasteiger partial charge is 0.224 e. The van der Waals surface area contributed by atoms with Crippen LogP contribution < -0.4 is 5.32 Å². The highest BCUT2D eigenvalue weighted by Crippen LogP contribution is 2.22. The summed E-state index contributed by atoms with van der Waals surface area (Å²) in [5, 5.41) is 4.28. The van der Waals surface area contributed by atoms with Gasteiger partial charge in [-0.25, -0.2) is 13.2 Å². The van der Waals surface area contributed by atoms with E-state index in [0.717, 1.165) is 28.6 Å². The third kappa shape index (κ3) is 3.96. The molecule has 7 heteroatoms. The number of nitrogens with one attached hydrogen (secondary N) is 2. The molecule has 0 saturated heterocycles. The van der Waals surface area contributed by atoms with Crippen molar-refractivity contribution in [2.24, 2.45) is 0 Å². The summed E-state index contributed by atoms with van der Waals surface area (Å²) in [6.07, 6.45) is 2.18. The number of fused-ring (bicyclic) bond motifs is 1. The van der Waals surface area contributed by atoms with Crippen LogP contribution in [0.2, 0.25) is 5.02 Å². The summed E-state index contributed by atoms with van der Waals surface area (Å²) in [6, 6.07) is 7.14. The predicted molar refractivity (Wildman–Crippen MR) is 90.0 cm³/mol. The van der Waals surface area contributed by atoms with E-state index in [1.54, 1.807) is 6.07 Å². The Balaban J connectivity index is 1.58. The molecule has 25 heavy (non-hydrogen) atoms. The second kappa shape index (κ2) is 7.19. The Hall–Kier alpha value is -2.47. The van der Waals surface area contributed by atoms with Crippen molar-refractivity contribution in [3.63, 3.8) is 0 Å². The number of amides is 1. The average molecular weight is 367 g/mol. The lowest BCUT2D eigenvalue weighted by atomic mass is 10.1. The van der Waals surface area contributed by atoms with Crippen LogP contribution in [0, 0.1) is 17.5 Å². The van der Waals surface area contributed by atoms with Crippen molar-refractivity contribution in [2.75, 3.05) is 6.54 Å². The molecular weight excluding hydrogens is 353 g/mol. The third-order valence-corrected chi connectivity index (χ3v) is 4.09. The van der Waals surface area contributed by atoms with Gasteiger partial charge in [0, 0.05) is 28.7 Å². The van der Waals surface area contributed by atoms with Gasteiger partial charge in [-0.2, -0.15) is 0 Å². The largest absolute Gasteiger partial charge is 0.361 e. The molecule has 2 aromatic carbocycles. The monoisotopic (exact) mass is 366 g/mol. The molecule has 1 heterocycles. The molecule has 2 N–H and O–H groups in total. The maximum absolute atomic E-state index is 13.1. The van der Waals surface area contributed by atoms with E-state index in [-0.39, 0.29) is 12.0 Å². The number of carbonyl (C=O) groups is 1. The second-order valence-electron chi connectivity index (χ2n) is 5.65. The quantitative estimate of drug-likeness (QED) is 0.655. The highest BCUT2D eigenvalue weighted by atomic mass is 35.5. The molecule has 1 aromatic heterocycles. The first-order chi connectivity index (χ1) is 11.9. The van der Waals surface area contributed by atoms with Crippen molar-refractivity contribution in [1.82, 2.24) is 10.3 Å². The van der Waals surface area contributed by atoms with Crippen LogP contribution >= 0.6 is 11.6 Å². The number of rotatable bonds is 5. The van der Waals surface area contributed by atoms with Gasteiger partial charge in [0.15, 0.2) is 17.5 Å². The van der Waals surface area contributed by atoms with Gasteiger partial charge in [-0.1, -0.05) is 11.6 Å². The maximum atomic E-state index is 13.1. The lowest BCUT2D eigenvalue weighted by Crippen LogP contribution is -2.27. The van der Waals surface area contributed by atoms with Gasteiger partial charge in [0.25, 0.3) is 0 Å². The number of benzene rings is 2. The van der Waals surface area contributed by atoms with Crippen LogP contribution in [0.25, 0.3) is 10.9 Å². The number of aromatic nitrogens is 1. The standard InChI is InChI=1S/C18H14ClF3N2O/c19-12-1-2-16-13(8-12)11(9-24-16)3-4-23-17(25)7-10-5-14(20)18(22)15(21)6-10/h1-2,5-6,8-9,24H,3-4,7H2,(H,23,25). The van der Waals surface area contributed by atoms with E-state index in [2.05, 4.69) is 10.3 Å². The van der Waals surface area contributed by atoms with Crippen LogP contribution in [0.3, 0.4) is 0 Å². The number of aromatic amines is 1. The fourth-order valence-electron chi connectivity index (χ4n) is 2.65. The summed E-state index contributed by atoms with van der Waals surface area (Å²) in [4.78, 5) is 15.0. The van der Waals surface area contributed by atoms with Crippen molar-refractivity contribution in [1.29, 1.82) is 0 Å². The van der Waals surface area contributed by atoms with Gasteiger partial charge >= 0.3 is 0 Å². The molecular formula is C18H14ClF3N2O. The molecule has 0 fully saturated rings. The van der Waals surface area contributed by atoms with Crippen LogP contribution in [-0.2, 0) is 17.6 Å². The van der Waals surface area contributed by atoms with Gasteiger partial charge in [0.05, 0.1) is 6.42 Å². The fraction of sp³-hybridized carbons (Fsp3) is 0.167. The number of hydrogen-bond donors (Lipinski definition) is 2. The summed E-state index contributed by atoms with van der Waals surface area (Å²) in [5.74, 6) is -4.55. The molecule has 3 aromatic rings. The van der Waals surface area contributed by atoms with Crippen molar-refractivity contribution in [2.45, 2.75) is 12.8 Å². The van der Waals surface area contributed by atoms with Gasteiger partial charge in [-0.15, -0.1) is 0 Å². The topological polar surface area (TPSA) is 44.9 Å². The van der Waals surface area contributed by atoms with Crippen molar-refractivity contribution >= 4 is 28.4 Å². The molecule has 130 valence electrons. The van der Waals surface area contributed by atoms with Gasteiger partial charge in [0.2, 0.25) is 5.91 Å². The molecule has 1 amide bonds. The number of carbonyl (C=O) groups excluding carboxylic acids is 1. The molecule has 0 spiro atoms. The molecule has 0 radical (unpaired) electrons. The molecule has 0 atom stereocenters. The van der Waals surface area contributed by atoms with Crippen molar-refractivity contribution < 1.29 is 18.0 Å². The number of hydrogen-bond acceptors (Lipinski definition) is 1. The molecule has 3 nitrogen and oxygen atoms in total. The van der Waals surface area contributed by atoms with E-state index < -0.39 is 23.4 Å². The van der Waals surface area contributed by atoms with Gasteiger partial charge < -0.3 is 10.3 Å². The molecule has 3 rings (SSSR count). The Morgan fingerprint density at radius 3 is 2.56 bits per heavy atom. The minimum atomic E-state index is -1.54. The Morgan fingerprint density at radius 1 is 1.12 bits per heavy atom. The highest BCUT2D eigenvalue weighted by Gasteiger charge is 2.13. The zero-order chi connectivity index (χ0) is 18.0. The summed E-state index contributed by atoms with van der Waals surface area (Å²) in [5.41, 5.74) is 2.02. The molecule has 0 aliphatic carbocycles. The van der Waals surface area contributed by atoms with E-state index in [1.807, 2.05) is 18.3 Å². The second-order valence-corrected chi connectivity index (χ2v) is 6.09. The van der Waals surface area contributed by atoms with Crippen LogP contribution in [0.5, 0.6) is 0 Å². The van der Waals surface area contributed by atoms with E-state index in [0.29, 0.717) is 18.0 Å². The Morgan fingerprint density at radius 2 is 1.84 bits per heavy atom. The van der Waals surface area contributed by atoms with Crippen LogP contribution in [0.4, 0.5) is 13.2 Å². The molecule has 0 saturated carbocycles. The van der Waals surface area contributed by atoms with E-state index >= 15 is 0 Å². The van der Waals surface area contributed by atoms with Crippen LogP contribution in [0.1, 0.15) is 11.1 Å². The third-order valence-electron chi connectivity index (χ3n) is 3.85. The molecule has 0 aliphatic heterocycles. The zero-order valence-electron chi connectivity index (χ0n) is 13.0. The summed E-state index contributed by atoms with van der Waals surface area (Å²) < 4.78 is 39.2. The average Bonchev–Trinajstić information content (AvgIpc) is 2.95. The van der Waals surface area contributed by atoms with Gasteiger partial charge in [-0.05, 0) is 47.9 Å². The van der Waals surface area contributed by atoms with Crippen molar-refractivity contribution in [3.05, 3.63) is 70.1 Å². The highest BCUT2D eigenvalue weighted by molar-refractivity contribution is 6.31. The van der Waals surface area contributed by atoms with E-state index in [9.17, 15) is 18.0 Å². The first-order valence-electron chi connectivity index (χ1n) is 7.59. The Kier molecular flexibility index (Phi) is 4.99.